The zero-order valence-electron chi connectivity index (χ0n) is 18.0. The number of unbranched alkanes of at least 4 members (excludes halogenated alkanes) is 8. The number of carbonyl (C=O) groups excluding carboxylic acids is 2. The predicted octanol–water partition coefficient (Wildman–Crippen LogP) is 6.58. The number of carbonyl (C=O) groups is 2. The van der Waals surface area contributed by atoms with Crippen molar-refractivity contribution in [2.45, 2.75) is 85.0 Å². The molecule has 0 amide bonds. The molecule has 0 atom stereocenters. The molecule has 1 rings (SSSR count). The average Bonchev–Trinajstić information content (AvgIpc) is 2.69. The summed E-state index contributed by atoms with van der Waals surface area (Å²) in [5, 5.41) is 0. The van der Waals surface area contributed by atoms with E-state index in [1.807, 2.05) is 0 Å². The van der Waals surface area contributed by atoms with Gasteiger partial charge in [-0.05, 0) is 37.0 Å². The molecule has 0 N–H and O–H groups in total. The van der Waals surface area contributed by atoms with Gasteiger partial charge in [-0.1, -0.05) is 78.2 Å². The van der Waals surface area contributed by atoms with Gasteiger partial charge in [0.1, 0.15) is 0 Å². The van der Waals surface area contributed by atoms with Crippen LogP contribution in [0.5, 0.6) is 0 Å². The van der Waals surface area contributed by atoms with Crippen molar-refractivity contribution in [2.24, 2.45) is 5.92 Å². The third-order valence-electron chi connectivity index (χ3n) is 4.74. The van der Waals surface area contributed by atoms with Crippen molar-refractivity contribution in [3.63, 3.8) is 0 Å². The number of ether oxygens (including phenoxy) is 2. The van der Waals surface area contributed by atoms with Gasteiger partial charge < -0.3 is 9.47 Å². The lowest BCUT2D eigenvalue weighted by molar-refractivity contribution is 0.0488. The van der Waals surface area contributed by atoms with Crippen LogP contribution in [-0.4, -0.2) is 25.2 Å². The molecule has 0 aliphatic rings. The summed E-state index contributed by atoms with van der Waals surface area (Å²) in [6, 6.07) is 6.57. The third kappa shape index (κ3) is 11.1. The van der Waals surface area contributed by atoms with E-state index in [4.69, 9.17) is 9.47 Å². The lowest BCUT2D eigenvalue weighted by Crippen LogP contribution is -2.11. The van der Waals surface area contributed by atoms with Crippen molar-refractivity contribution in [3.05, 3.63) is 35.4 Å². The minimum atomic E-state index is -0.394. The van der Waals surface area contributed by atoms with Gasteiger partial charge in [0, 0.05) is 0 Å². The van der Waals surface area contributed by atoms with Gasteiger partial charge in [0.2, 0.25) is 0 Å². The van der Waals surface area contributed by atoms with Crippen LogP contribution in [-0.2, 0) is 9.47 Å². The van der Waals surface area contributed by atoms with Gasteiger partial charge in [-0.3, -0.25) is 0 Å². The van der Waals surface area contributed by atoms with Gasteiger partial charge in [0.05, 0.1) is 24.3 Å². The van der Waals surface area contributed by atoms with Crippen LogP contribution in [0.4, 0.5) is 0 Å². The number of rotatable bonds is 15. The van der Waals surface area contributed by atoms with Crippen LogP contribution in [0.25, 0.3) is 0 Å². The van der Waals surface area contributed by atoms with E-state index in [2.05, 4.69) is 20.8 Å². The fraction of sp³-hybridized carbons (Fsp3) is 0.667. The van der Waals surface area contributed by atoms with Crippen molar-refractivity contribution >= 4 is 11.9 Å². The van der Waals surface area contributed by atoms with Crippen LogP contribution in [0.2, 0.25) is 0 Å². The lowest BCUT2D eigenvalue weighted by atomic mass is 10.1. The number of hydrogen-bond donors (Lipinski definition) is 0. The van der Waals surface area contributed by atoms with Crippen molar-refractivity contribution < 1.29 is 19.1 Å². The summed E-state index contributed by atoms with van der Waals surface area (Å²) in [5.41, 5.74) is 0.788. The minimum absolute atomic E-state index is 0.378. The summed E-state index contributed by atoms with van der Waals surface area (Å²) in [6.45, 7) is 7.22. The fourth-order valence-corrected chi connectivity index (χ4v) is 2.90. The van der Waals surface area contributed by atoms with Crippen LogP contribution in [0.1, 0.15) is 106 Å². The van der Waals surface area contributed by atoms with Crippen molar-refractivity contribution in [3.8, 4) is 0 Å². The zero-order valence-corrected chi connectivity index (χ0v) is 18.0. The van der Waals surface area contributed by atoms with E-state index in [1.165, 1.54) is 44.9 Å². The normalized spacial score (nSPS) is 10.9. The van der Waals surface area contributed by atoms with E-state index in [9.17, 15) is 9.59 Å². The maximum Gasteiger partial charge on any atom is 0.338 e. The molecule has 0 fully saturated rings. The standard InChI is InChI=1S/C24H38O4/c1-4-5-6-7-8-9-10-11-12-17-27-23(25)21-14-13-15-22(19-21)24(26)28-18-16-20(2)3/h13-15,19-20H,4-12,16-18H2,1-3H3. The fourth-order valence-electron chi connectivity index (χ4n) is 2.90. The summed E-state index contributed by atoms with van der Waals surface area (Å²) in [5.74, 6) is -0.291. The Morgan fingerprint density at radius 3 is 1.82 bits per heavy atom. The molecule has 0 saturated carbocycles. The van der Waals surface area contributed by atoms with Crippen LogP contribution >= 0.6 is 0 Å². The topological polar surface area (TPSA) is 52.6 Å². The van der Waals surface area contributed by atoms with E-state index in [-0.39, 0.29) is 5.97 Å². The Bertz CT molecular complexity index is 565. The first kappa shape index (κ1) is 24.2. The Hall–Kier alpha value is -1.84. The average molecular weight is 391 g/mol. The molecule has 1 aromatic carbocycles. The molecular weight excluding hydrogens is 352 g/mol. The van der Waals surface area contributed by atoms with Crippen molar-refractivity contribution in [2.75, 3.05) is 13.2 Å². The number of benzene rings is 1. The Morgan fingerprint density at radius 2 is 1.29 bits per heavy atom. The molecular formula is C24H38O4. The molecule has 1 aromatic rings. The third-order valence-corrected chi connectivity index (χ3v) is 4.74. The Kier molecular flexibility index (Phi) is 13.1. The van der Waals surface area contributed by atoms with Gasteiger partial charge in [-0.15, -0.1) is 0 Å². The van der Waals surface area contributed by atoms with Gasteiger partial charge in [-0.2, -0.15) is 0 Å². The summed E-state index contributed by atoms with van der Waals surface area (Å²) in [7, 11) is 0. The molecule has 0 aliphatic carbocycles. The summed E-state index contributed by atoms with van der Waals surface area (Å²) in [6.07, 6.45) is 11.9. The molecule has 0 bridgehead atoms. The van der Waals surface area contributed by atoms with Gasteiger partial charge in [0.25, 0.3) is 0 Å². The molecule has 0 unspecified atom stereocenters. The first-order valence-corrected chi connectivity index (χ1v) is 11.0. The van der Waals surface area contributed by atoms with Gasteiger partial charge in [0.15, 0.2) is 0 Å². The van der Waals surface area contributed by atoms with E-state index < -0.39 is 5.97 Å². The molecule has 0 heterocycles. The smallest absolute Gasteiger partial charge is 0.338 e. The second-order valence-corrected chi connectivity index (χ2v) is 7.86. The maximum atomic E-state index is 12.2. The highest BCUT2D eigenvalue weighted by Gasteiger charge is 2.12. The van der Waals surface area contributed by atoms with Crippen molar-refractivity contribution in [1.82, 2.24) is 0 Å². The predicted molar refractivity (Wildman–Crippen MR) is 114 cm³/mol. The second-order valence-electron chi connectivity index (χ2n) is 7.86. The molecule has 0 aliphatic heterocycles. The second kappa shape index (κ2) is 15.1. The Balaban J connectivity index is 2.23. The summed E-state index contributed by atoms with van der Waals surface area (Å²) >= 11 is 0. The van der Waals surface area contributed by atoms with Crippen LogP contribution in [0, 0.1) is 5.92 Å². The van der Waals surface area contributed by atoms with Crippen LogP contribution in [0.3, 0.4) is 0 Å². The van der Waals surface area contributed by atoms with E-state index >= 15 is 0 Å². The first-order chi connectivity index (χ1) is 13.5. The van der Waals surface area contributed by atoms with E-state index in [1.54, 1.807) is 24.3 Å². The highest BCUT2D eigenvalue weighted by Crippen LogP contribution is 2.12. The highest BCUT2D eigenvalue weighted by atomic mass is 16.5. The summed E-state index contributed by atoms with van der Waals surface area (Å²) < 4.78 is 10.6. The van der Waals surface area contributed by atoms with Crippen LogP contribution < -0.4 is 0 Å². The quantitative estimate of drug-likeness (QED) is 0.251. The minimum Gasteiger partial charge on any atom is -0.462 e. The molecule has 4 nitrogen and oxygen atoms in total. The highest BCUT2D eigenvalue weighted by molar-refractivity contribution is 5.95. The number of esters is 2. The van der Waals surface area contributed by atoms with Gasteiger partial charge >= 0.3 is 11.9 Å². The Labute approximate surface area is 171 Å². The maximum absolute atomic E-state index is 12.2. The molecule has 0 saturated heterocycles. The molecule has 158 valence electrons. The molecule has 4 heteroatoms. The lowest BCUT2D eigenvalue weighted by Gasteiger charge is -2.08. The molecule has 28 heavy (non-hydrogen) atoms. The summed E-state index contributed by atoms with van der Waals surface area (Å²) in [4.78, 5) is 24.3. The SMILES string of the molecule is CCCCCCCCCCCOC(=O)c1cccc(C(=O)OCCC(C)C)c1. The molecule has 0 spiro atoms. The number of hydrogen-bond acceptors (Lipinski definition) is 4. The van der Waals surface area contributed by atoms with E-state index in [0.29, 0.717) is 30.3 Å². The van der Waals surface area contributed by atoms with Gasteiger partial charge in [-0.25, -0.2) is 9.59 Å². The Morgan fingerprint density at radius 1 is 0.786 bits per heavy atom. The zero-order chi connectivity index (χ0) is 20.6. The largest absolute Gasteiger partial charge is 0.462 e. The van der Waals surface area contributed by atoms with Crippen LogP contribution in [0.15, 0.2) is 24.3 Å². The monoisotopic (exact) mass is 390 g/mol. The van der Waals surface area contributed by atoms with E-state index in [0.717, 1.165) is 19.3 Å². The molecule has 0 radical (unpaired) electrons. The molecule has 0 aromatic heterocycles. The van der Waals surface area contributed by atoms with Crippen molar-refractivity contribution in [1.29, 1.82) is 0 Å². The first-order valence-electron chi connectivity index (χ1n) is 11.0.